The van der Waals surface area contributed by atoms with Gasteiger partial charge in [-0.05, 0) is 18.9 Å². The van der Waals surface area contributed by atoms with Gasteiger partial charge in [-0.15, -0.1) is 11.6 Å². The molecular formula is C14H21ClO4U. The van der Waals surface area contributed by atoms with Crippen LogP contribution in [0.15, 0.2) is 12.2 Å². The molecule has 0 amide bonds. The fourth-order valence-electron chi connectivity index (χ4n) is 1.89. The topological polar surface area (TPSA) is 52.6 Å². The number of ether oxygens (including phenoxy) is 2. The van der Waals surface area contributed by atoms with Gasteiger partial charge in [-0.2, -0.15) is 5.92 Å². The fourth-order valence-corrected chi connectivity index (χ4v) is 2.19. The Bertz CT molecular complexity index is 346. The van der Waals surface area contributed by atoms with Crippen molar-refractivity contribution >= 4 is 23.5 Å². The van der Waals surface area contributed by atoms with Crippen LogP contribution >= 0.6 is 11.6 Å². The summed E-state index contributed by atoms with van der Waals surface area (Å²) in [5.41, 5.74) is 0.252. The quantitative estimate of drug-likeness (QED) is 0.239. The minimum absolute atomic E-state index is 0. The van der Waals surface area contributed by atoms with Crippen molar-refractivity contribution in [3.8, 4) is 0 Å². The van der Waals surface area contributed by atoms with Crippen molar-refractivity contribution in [1.82, 2.24) is 0 Å². The fraction of sp³-hybridized carbons (Fsp3) is 0.571. The molecule has 0 aromatic rings. The molecule has 0 N–H and O–H groups in total. The average Bonchev–Trinajstić information content (AvgIpc) is 2.66. The van der Waals surface area contributed by atoms with E-state index in [9.17, 15) is 9.59 Å². The smallest absolute Gasteiger partial charge is 0.492 e. The van der Waals surface area contributed by atoms with Gasteiger partial charge in [0.05, 0.1) is 0 Å². The zero-order valence-electron chi connectivity index (χ0n) is 12.1. The Kier molecular flexibility index (Phi) is 11.9. The second-order valence-electron chi connectivity index (χ2n) is 4.63. The molecule has 4 nitrogen and oxygen atoms in total. The molecule has 112 valence electrons. The molecule has 0 bridgehead atoms. The van der Waals surface area contributed by atoms with Crippen molar-refractivity contribution in [3.05, 3.63) is 26.0 Å². The van der Waals surface area contributed by atoms with E-state index in [4.69, 9.17) is 21.1 Å². The van der Waals surface area contributed by atoms with Crippen LogP contribution in [0.1, 0.15) is 20.3 Å². The van der Waals surface area contributed by atoms with E-state index in [1.807, 2.05) is 6.42 Å². The number of rotatable bonds is 5. The molecule has 0 spiro atoms. The van der Waals surface area contributed by atoms with Gasteiger partial charge in [0, 0.05) is 11.5 Å². The number of carbonyl (C=O) groups is 2. The van der Waals surface area contributed by atoms with Crippen molar-refractivity contribution < 1.29 is 50.2 Å². The second-order valence-corrected chi connectivity index (χ2v) is 4.94. The van der Waals surface area contributed by atoms with E-state index in [0.29, 0.717) is 11.8 Å². The standard InChI is InChI=1S/C13H18ClO4.CH3.U/c1-8(2)13(16)17-7-12(15)18-11-5-9(3)4-10(11)6-14;;/h5,9-11H,1,4,6-7H2,2-3H3;1H3;/q2*-1;+2. The minimum atomic E-state index is -0.593. The van der Waals surface area contributed by atoms with Gasteiger partial charge >= 0.3 is 43.1 Å². The summed E-state index contributed by atoms with van der Waals surface area (Å²) in [5.74, 6) is -0.184. The van der Waals surface area contributed by atoms with E-state index >= 15 is 0 Å². The molecule has 1 fully saturated rings. The molecule has 20 heavy (non-hydrogen) atoms. The van der Waals surface area contributed by atoms with Crippen LogP contribution in [0.3, 0.4) is 0 Å². The van der Waals surface area contributed by atoms with E-state index in [2.05, 4.69) is 13.5 Å². The van der Waals surface area contributed by atoms with E-state index in [0.717, 1.165) is 6.42 Å². The van der Waals surface area contributed by atoms with Gasteiger partial charge in [0.2, 0.25) is 0 Å². The maximum Gasteiger partial charge on any atom is 2.00 e. The zero-order chi connectivity index (χ0) is 13.7. The van der Waals surface area contributed by atoms with E-state index in [-0.39, 0.29) is 62.7 Å². The van der Waals surface area contributed by atoms with Crippen LogP contribution in [0.4, 0.5) is 0 Å². The number of hydrogen-bond acceptors (Lipinski definition) is 4. The summed E-state index contributed by atoms with van der Waals surface area (Å²) in [6.07, 6.45) is 2.59. The molecule has 1 saturated carbocycles. The summed E-state index contributed by atoms with van der Waals surface area (Å²) >= 11 is 5.81. The Hall–Kier alpha value is 0.0219. The van der Waals surface area contributed by atoms with Crippen molar-refractivity contribution in [3.63, 3.8) is 0 Å². The third-order valence-electron chi connectivity index (χ3n) is 2.79. The molecule has 0 radical (unpaired) electrons. The van der Waals surface area contributed by atoms with E-state index in [1.165, 1.54) is 6.92 Å². The third-order valence-corrected chi connectivity index (χ3v) is 3.19. The van der Waals surface area contributed by atoms with Crippen LogP contribution in [0.5, 0.6) is 0 Å². The van der Waals surface area contributed by atoms with Gasteiger partial charge in [-0.1, -0.05) is 19.9 Å². The Morgan fingerprint density at radius 1 is 1.45 bits per heavy atom. The predicted octanol–water partition coefficient (Wildman–Crippen LogP) is 2.57. The minimum Gasteiger partial charge on any atom is -0.492 e. The van der Waals surface area contributed by atoms with Gasteiger partial charge in [0.25, 0.3) is 0 Å². The molecule has 3 unspecified atom stereocenters. The van der Waals surface area contributed by atoms with E-state index < -0.39 is 11.9 Å². The van der Waals surface area contributed by atoms with Crippen molar-refractivity contribution in [2.24, 2.45) is 11.8 Å². The van der Waals surface area contributed by atoms with Crippen LogP contribution in [-0.2, 0) is 19.1 Å². The molecule has 0 aromatic carbocycles. The van der Waals surface area contributed by atoms with Crippen LogP contribution in [0.2, 0.25) is 0 Å². The number of esters is 2. The predicted molar refractivity (Wildman–Crippen MR) is 74.4 cm³/mol. The second kappa shape index (κ2) is 10.7. The molecule has 3 atom stereocenters. The van der Waals surface area contributed by atoms with Crippen LogP contribution in [0, 0.1) is 56.8 Å². The van der Waals surface area contributed by atoms with Gasteiger partial charge < -0.3 is 16.9 Å². The number of halogens is 1. The summed E-state index contributed by atoms with van der Waals surface area (Å²) in [7, 11) is 0. The first-order valence-electron chi connectivity index (χ1n) is 5.87. The average molecular weight is 527 g/mol. The number of carbonyl (C=O) groups excluding carboxylic acids is 2. The van der Waals surface area contributed by atoms with Crippen LogP contribution < -0.4 is 0 Å². The molecule has 0 saturated heterocycles. The van der Waals surface area contributed by atoms with Crippen LogP contribution in [0.25, 0.3) is 0 Å². The van der Waals surface area contributed by atoms with Crippen molar-refractivity contribution in [2.45, 2.75) is 26.4 Å². The summed E-state index contributed by atoms with van der Waals surface area (Å²) in [5, 5.41) is 0. The Labute approximate surface area is 150 Å². The molecular weight excluding hydrogens is 506 g/mol. The third kappa shape index (κ3) is 7.15. The summed E-state index contributed by atoms with van der Waals surface area (Å²) in [6, 6.07) is 0. The normalized spacial score (nSPS) is 24.1. The largest absolute Gasteiger partial charge is 2.00 e. The maximum atomic E-state index is 11.5. The molecule has 6 heteroatoms. The van der Waals surface area contributed by atoms with Gasteiger partial charge in [0.15, 0.2) is 6.61 Å². The first-order chi connectivity index (χ1) is 8.43. The molecule has 1 rings (SSSR count). The zero-order valence-corrected chi connectivity index (χ0v) is 17.1. The van der Waals surface area contributed by atoms with Gasteiger partial charge in [0.1, 0.15) is 0 Å². The Balaban J connectivity index is 0. The monoisotopic (exact) mass is 526 g/mol. The molecule has 1 aliphatic rings. The van der Waals surface area contributed by atoms with Crippen molar-refractivity contribution in [2.75, 3.05) is 12.5 Å². The SMILES string of the molecule is C=C(C)C(=O)OCC(=O)OC1[CH-]C(C)CC1CCl.[CH3-].[U+2]. The van der Waals surface area contributed by atoms with E-state index in [1.54, 1.807) is 0 Å². The first kappa shape index (κ1) is 22.3. The van der Waals surface area contributed by atoms with Crippen molar-refractivity contribution in [1.29, 1.82) is 0 Å². The molecule has 0 aromatic heterocycles. The Morgan fingerprint density at radius 2 is 2.05 bits per heavy atom. The summed E-state index contributed by atoms with van der Waals surface area (Å²) in [4.78, 5) is 22.6. The first-order valence-corrected chi connectivity index (χ1v) is 6.40. The summed E-state index contributed by atoms with van der Waals surface area (Å²) < 4.78 is 9.94. The van der Waals surface area contributed by atoms with Gasteiger partial charge in [-0.25, -0.2) is 9.59 Å². The molecule has 1 aliphatic carbocycles. The van der Waals surface area contributed by atoms with Gasteiger partial charge in [-0.3, -0.25) is 6.42 Å². The number of hydrogen-bond donors (Lipinski definition) is 0. The summed E-state index contributed by atoms with van der Waals surface area (Å²) in [6.45, 7) is 6.60. The Morgan fingerprint density at radius 3 is 2.55 bits per heavy atom. The molecule has 0 heterocycles. The molecule has 0 aliphatic heterocycles. The maximum absolute atomic E-state index is 11.5. The number of alkyl halides is 1. The van der Waals surface area contributed by atoms with Crippen LogP contribution in [-0.4, -0.2) is 30.5 Å².